The molecule has 0 aliphatic heterocycles. The van der Waals surface area contributed by atoms with Crippen LogP contribution in [0.2, 0.25) is 0 Å². The monoisotopic (exact) mass is 246 g/mol. The van der Waals surface area contributed by atoms with Gasteiger partial charge in [-0.1, -0.05) is 18.2 Å². The zero-order valence-electron chi connectivity index (χ0n) is 9.79. The standard InChI is InChI=1S/C12H14N4S/c1-16(2)11(15-12-13-8-9-17-12)14-10-6-4-3-5-7-10/h3-9H,1-2H3,(H,13,14,15). The average Bonchev–Trinajstić information content (AvgIpc) is 2.82. The van der Waals surface area contributed by atoms with E-state index in [1.807, 2.05) is 54.7 Å². The number of benzene rings is 1. The minimum Gasteiger partial charge on any atom is -0.348 e. The number of guanidine groups is 1. The lowest BCUT2D eigenvalue weighted by atomic mass is 10.3. The lowest BCUT2D eigenvalue weighted by Crippen LogP contribution is -2.29. The summed E-state index contributed by atoms with van der Waals surface area (Å²) in [7, 11) is 3.89. The van der Waals surface area contributed by atoms with Gasteiger partial charge in [0, 0.05) is 31.4 Å². The highest BCUT2D eigenvalue weighted by Crippen LogP contribution is 2.16. The number of aromatic nitrogens is 1. The molecule has 0 aliphatic rings. The molecular formula is C12H14N4S. The van der Waals surface area contributed by atoms with Crippen molar-refractivity contribution in [1.82, 2.24) is 9.88 Å². The molecule has 1 aromatic carbocycles. The van der Waals surface area contributed by atoms with E-state index in [4.69, 9.17) is 0 Å². The predicted octanol–water partition coefficient (Wildman–Crippen LogP) is 2.80. The fourth-order valence-corrected chi connectivity index (χ4v) is 1.76. The summed E-state index contributed by atoms with van der Waals surface area (Å²) >= 11 is 1.51. The Morgan fingerprint density at radius 3 is 2.65 bits per heavy atom. The SMILES string of the molecule is CN(C)C(=Nc1nccs1)Nc1ccccc1. The normalized spacial score (nSPS) is 11.3. The lowest BCUT2D eigenvalue weighted by Gasteiger charge is -2.16. The van der Waals surface area contributed by atoms with Crippen molar-refractivity contribution in [3.63, 3.8) is 0 Å². The number of anilines is 1. The average molecular weight is 246 g/mol. The number of thiazole rings is 1. The second-order valence-corrected chi connectivity index (χ2v) is 4.51. The molecule has 1 heterocycles. The van der Waals surface area contributed by atoms with Crippen LogP contribution >= 0.6 is 11.3 Å². The van der Waals surface area contributed by atoms with E-state index < -0.39 is 0 Å². The highest BCUT2D eigenvalue weighted by atomic mass is 32.1. The fraction of sp³-hybridized carbons (Fsp3) is 0.167. The van der Waals surface area contributed by atoms with Crippen LogP contribution in [0.4, 0.5) is 10.8 Å². The van der Waals surface area contributed by atoms with Gasteiger partial charge in [-0.2, -0.15) is 4.99 Å². The summed E-state index contributed by atoms with van der Waals surface area (Å²) in [5.74, 6) is 0.770. The molecule has 0 saturated carbocycles. The van der Waals surface area contributed by atoms with E-state index in [1.165, 1.54) is 11.3 Å². The second-order valence-electron chi connectivity index (χ2n) is 3.64. The van der Waals surface area contributed by atoms with Gasteiger partial charge in [-0.05, 0) is 12.1 Å². The Morgan fingerprint density at radius 2 is 2.06 bits per heavy atom. The maximum absolute atomic E-state index is 4.45. The van der Waals surface area contributed by atoms with Crippen LogP contribution in [0.3, 0.4) is 0 Å². The highest BCUT2D eigenvalue weighted by Gasteiger charge is 2.03. The van der Waals surface area contributed by atoms with E-state index >= 15 is 0 Å². The van der Waals surface area contributed by atoms with Crippen molar-refractivity contribution < 1.29 is 0 Å². The van der Waals surface area contributed by atoms with E-state index in [0.717, 1.165) is 16.8 Å². The number of nitrogens with zero attached hydrogens (tertiary/aromatic N) is 3. The Labute approximate surface area is 105 Å². The van der Waals surface area contributed by atoms with Gasteiger partial charge in [0.1, 0.15) is 0 Å². The van der Waals surface area contributed by atoms with Crippen LogP contribution in [0, 0.1) is 0 Å². The number of hydrogen-bond donors (Lipinski definition) is 1. The van der Waals surface area contributed by atoms with Gasteiger partial charge in [-0.3, -0.25) is 0 Å². The molecule has 2 rings (SSSR count). The van der Waals surface area contributed by atoms with E-state index in [9.17, 15) is 0 Å². The molecular weight excluding hydrogens is 232 g/mol. The van der Waals surface area contributed by atoms with Crippen LogP contribution in [-0.2, 0) is 0 Å². The molecule has 4 nitrogen and oxygen atoms in total. The summed E-state index contributed by atoms with van der Waals surface area (Å²) in [5, 5.41) is 5.92. The van der Waals surface area contributed by atoms with E-state index in [1.54, 1.807) is 6.20 Å². The second kappa shape index (κ2) is 5.45. The third-order valence-corrected chi connectivity index (χ3v) is 2.74. The Bertz CT molecular complexity index is 476. The molecule has 1 N–H and O–H groups in total. The minimum absolute atomic E-state index is 0.747. The highest BCUT2D eigenvalue weighted by molar-refractivity contribution is 7.13. The van der Waals surface area contributed by atoms with Crippen LogP contribution in [0.5, 0.6) is 0 Å². The van der Waals surface area contributed by atoms with Gasteiger partial charge in [-0.15, -0.1) is 11.3 Å². The lowest BCUT2D eigenvalue weighted by molar-refractivity contribution is 0.621. The Morgan fingerprint density at radius 1 is 1.29 bits per heavy atom. The zero-order chi connectivity index (χ0) is 12.1. The number of nitrogens with one attached hydrogen (secondary N) is 1. The molecule has 0 bridgehead atoms. The maximum atomic E-state index is 4.45. The van der Waals surface area contributed by atoms with Gasteiger partial charge < -0.3 is 10.2 Å². The number of aliphatic imine (C=N–C) groups is 1. The Hall–Kier alpha value is -1.88. The van der Waals surface area contributed by atoms with Crippen molar-refractivity contribution in [3.8, 4) is 0 Å². The van der Waals surface area contributed by atoms with Gasteiger partial charge in [0.05, 0.1) is 0 Å². The summed E-state index contributed by atoms with van der Waals surface area (Å²) < 4.78 is 0. The first-order chi connectivity index (χ1) is 8.25. The molecule has 2 aromatic rings. The van der Waals surface area contributed by atoms with Crippen LogP contribution in [0.15, 0.2) is 46.9 Å². The van der Waals surface area contributed by atoms with Crippen molar-refractivity contribution in [3.05, 3.63) is 41.9 Å². The predicted molar refractivity (Wildman–Crippen MR) is 73.0 cm³/mol. The van der Waals surface area contributed by atoms with Gasteiger partial charge in [0.2, 0.25) is 11.1 Å². The first-order valence-corrected chi connectivity index (χ1v) is 6.11. The van der Waals surface area contributed by atoms with Crippen molar-refractivity contribution in [2.45, 2.75) is 0 Å². The van der Waals surface area contributed by atoms with E-state index in [0.29, 0.717) is 0 Å². The van der Waals surface area contributed by atoms with Crippen LogP contribution in [0.25, 0.3) is 0 Å². The van der Waals surface area contributed by atoms with E-state index in [-0.39, 0.29) is 0 Å². The van der Waals surface area contributed by atoms with Gasteiger partial charge in [-0.25, -0.2) is 4.98 Å². The summed E-state index contributed by atoms with van der Waals surface area (Å²) in [5.41, 5.74) is 1.01. The maximum Gasteiger partial charge on any atom is 0.212 e. The third kappa shape index (κ3) is 3.29. The fourth-order valence-electron chi connectivity index (χ4n) is 1.25. The Balaban J connectivity index is 2.19. The van der Waals surface area contributed by atoms with Gasteiger partial charge >= 0.3 is 0 Å². The molecule has 17 heavy (non-hydrogen) atoms. The van der Waals surface area contributed by atoms with Crippen LogP contribution in [0.1, 0.15) is 0 Å². The molecule has 0 radical (unpaired) electrons. The first-order valence-electron chi connectivity index (χ1n) is 5.23. The summed E-state index contributed by atoms with van der Waals surface area (Å²) in [4.78, 5) is 10.5. The number of rotatable bonds is 2. The molecule has 0 aliphatic carbocycles. The quantitative estimate of drug-likeness (QED) is 0.654. The molecule has 88 valence electrons. The van der Waals surface area contributed by atoms with Gasteiger partial charge in [0.15, 0.2) is 0 Å². The topological polar surface area (TPSA) is 40.5 Å². The summed E-state index contributed by atoms with van der Waals surface area (Å²) in [6.45, 7) is 0. The number of para-hydroxylation sites is 1. The third-order valence-electron chi connectivity index (χ3n) is 2.07. The van der Waals surface area contributed by atoms with Crippen molar-refractivity contribution in [1.29, 1.82) is 0 Å². The van der Waals surface area contributed by atoms with Gasteiger partial charge in [0.25, 0.3) is 0 Å². The Kier molecular flexibility index (Phi) is 3.72. The van der Waals surface area contributed by atoms with E-state index in [2.05, 4.69) is 15.3 Å². The molecule has 0 saturated heterocycles. The van der Waals surface area contributed by atoms with Crippen molar-refractivity contribution >= 4 is 28.1 Å². The molecule has 0 spiro atoms. The van der Waals surface area contributed by atoms with Crippen molar-refractivity contribution in [2.75, 3.05) is 19.4 Å². The largest absolute Gasteiger partial charge is 0.348 e. The number of hydrogen-bond acceptors (Lipinski definition) is 3. The smallest absolute Gasteiger partial charge is 0.212 e. The molecule has 5 heteroatoms. The molecule has 0 fully saturated rings. The van der Waals surface area contributed by atoms with Crippen molar-refractivity contribution in [2.24, 2.45) is 4.99 Å². The molecule has 0 atom stereocenters. The summed E-state index contributed by atoms with van der Waals surface area (Å²) in [6, 6.07) is 9.96. The molecule has 0 unspecified atom stereocenters. The van der Waals surface area contributed by atoms with Crippen LogP contribution in [-0.4, -0.2) is 29.9 Å². The first kappa shape index (κ1) is 11.6. The zero-order valence-corrected chi connectivity index (χ0v) is 10.6. The molecule has 1 aromatic heterocycles. The minimum atomic E-state index is 0.747. The summed E-state index contributed by atoms with van der Waals surface area (Å²) in [6.07, 6.45) is 1.75. The molecule has 0 amide bonds. The van der Waals surface area contributed by atoms with Crippen LogP contribution < -0.4 is 5.32 Å².